The van der Waals surface area contributed by atoms with E-state index in [1.165, 1.54) is 5.69 Å². The van der Waals surface area contributed by atoms with Gasteiger partial charge in [-0.15, -0.1) is 0 Å². The first-order valence-corrected chi connectivity index (χ1v) is 6.99. The largest absolute Gasteiger partial charge is 0.504 e. The molecule has 20 heavy (non-hydrogen) atoms. The maximum Gasteiger partial charge on any atom is 0.161 e. The summed E-state index contributed by atoms with van der Waals surface area (Å²) in [5.41, 5.74) is 2.32. The Morgan fingerprint density at radius 1 is 1.05 bits per heavy atom. The highest BCUT2D eigenvalue weighted by Gasteiger charge is 2.08. The van der Waals surface area contributed by atoms with Crippen molar-refractivity contribution in [2.75, 3.05) is 18.1 Å². The average molecular weight is 271 g/mol. The molecule has 0 fully saturated rings. The Balaban J connectivity index is 2.17. The minimum Gasteiger partial charge on any atom is -0.504 e. The molecule has 1 N–H and O–H groups in total. The molecule has 0 spiro atoms. The van der Waals surface area contributed by atoms with Gasteiger partial charge in [-0.25, -0.2) is 0 Å². The van der Waals surface area contributed by atoms with E-state index in [4.69, 9.17) is 4.74 Å². The SMILES string of the molecule is CCOc1cc(CN(CC)c2ccccc2)ccc1O. The van der Waals surface area contributed by atoms with Crippen molar-refractivity contribution in [3.05, 3.63) is 54.1 Å². The molecule has 0 bridgehead atoms. The van der Waals surface area contributed by atoms with Gasteiger partial charge < -0.3 is 14.7 Å². The molecule has 3 nitrogen and oxygen atoms in total. The zero-order chi connectivity index (χ0) is 14.4. The Morgan fingerprint density at radius 3 is 2.45 bits per heavy atom. The molecule has 0 aliphatic heterocycles. The fourth-order valence-electron chi connectivity index (χ4n) is 2.17. The summed E-state index contributed by atoms with van der Waals surface area (Å²) in [6.45, 7) is 6.31. The number of phenols is 1. The van der Waals surface area contributed by atoms with Crippen LogP contribution in [0, 0.1) is 0 Å². The fraction of sp³-hybridized carbons (Fsp3) is 0.294. The Morgan fingerprint density at radius 2 is 1.80 bits per heavy atom. The zero-order valence-electron chi connectivity index (χ0n) is 12.0. The summed E-state index contributed by atoms with van der Waals surface area (Å²) in [6, 6.07) is 15.8. The van der Waals surface area contributed by atoms with Gasteiger partial charge in [0, 0.05) is 18.8 Å². The van der Waals surface area contributed by atoms with E-state index in [9.17, 15) is 5.11 Å². The van der Waals surface area contributed by atoms with Gasteiger partial charge >= 0.3 is 0 Å². The number of aromatic hydroxyl groups is 1. The minimum atomic E-state index is 0.193. The van der Waals surface area contributed by atoms with E-state index in [2.05, 4.69) is 24.0 Å². The molecule has 0 aliphatic carbocycles. The summed E-state index contributed by atoms with van der Waals surface area (Å²) in [4.78, 5) is 2.28. The first kappa shape index (κ1) is 14.3. The van der Waals surface area contributed by atoms with E-state index < -0.39 is 0 Å². The zero-order valence-corrected chi connectivity index (χ0v) is 12.0. The van der Waals surface area contributed by atoms with Crippen molar-refractivity contribution in [3.8, 4) is 11.5 Å². The molecule has 0 radical (unpaired) electrons. The fourth-order valence-corrected chi connectivity index (χ4v) is 2.17. The van der Waals surface area contributed by atoms with Gasteiger partial charge in [-0.2, -0.15) is 0 Å². The lowest BCUT2D eigenvalue weighted by atomic mass is 10.1. The third kappa shape index (κ3) is 3.44. The van der Waals surface area contributed by atoms with Crippen LogP contribution in [0.5, 0.6) is 11.5 Å². The van der Waals surface area contributed by atoms with Crippen LogP contribution in [0.4, 0.5) is 5.69 Å². The second-order valence-corrected chi connectivity index (χ2v) is 4.58. The third-order valence-corrected chi connectivity index (χ3v) is 3.20. The lowest BCUT2D eigenvalue weighted by molar-refractivity contribution is 0.317. The maximum atomic E-state index is 9.74. The van der Waals surface area contributed by atoms with Crippen molar-refractivity contribution in [1.82, 2.24) is 0 Å². The van der Waals surface area contributed by atoms with Gasteiger partial charge in [0.15, 0.2) is 11.5 Å². The lowest BCUT2D eigenvalue weighted by Gasteiger charge is -2.23. The van der Waals surface area contributed by atoms with E-state index in [1.807, 2.05) is 37.3 Å². The van der Waals surface area contributed by atoms with Crippen LogP contribution in [0.3, 0.4) is 0 Å². The van der Waals surface area contributed by atoms with Crippen molar-refractivity contribution >= 4 is 5.69 Å². The second-order valence-electron chi connectivity index (χ2n) is 4.58. The van der Waals surface area contributed by atoms with Crippen LogP contribution in [0.1, 0.15) is 19.4 Å². The van der Waals surface area contributed by atoms with Crippen LogP contribution in [-0.2, 0) is 6.54 Å². The lowest BCUT2D eigenvalue weighted by Crippen LogP contribution is -2.21. The van der Waals surface area contributed by atoms with Crippen molar-refractivity contribution in [1.29, 1.82) is 0 Å². The van der Waals surface area contributed by atoms with Crippen molar-refractivity contribution in [2.45, 2.75) is 20.4 Å². The second kappa shape index (κ2) is 6.85. The molecule has 0 aliphatic rings. The number of benzene rings is 2. The quantitative estimate of drug-likeness (QED) is 0.867. The highest BCUT2D eigenvalue weighted by Crippen LogP contribution is 2.28. The Hall–Kier alpha value is -2.16. The van der Waals surface area contributed by atoms with Crippen molar-refractivity contribution in [3.63, 3.8) is 0 Å². The molecule has 0 saturated heterocycles. The molecule has 0 unspecified atom stereocenters. The predicted molar refractivity (Wildman–Crippen MR) is 82.4 cm³/mol. The van der Waals surface area contributed by atoms with E-state index in [1.54, 1.807) is 6.07 Å². The first-order chi connectivity index (χ1) is 9.74. The van der Waals surface area contributed by atoms with Gasteiger partial charge in [0.25, 0.3) is 0 Å². The summed E-state index contributed by atoms with van der Waals surface area (Å²) < 4.78 is 5.43. The topological polar surface area (TPSA) is 32.7 Å². The minimum absolute atomic E-state index is 0.193. The van der Waals surface area contributed by atoms with E-state index in [0.29, 0.717) is 12.4 Å². The Bertz CT molecular complexity index is 540. The van der Waals surface area contributed by atoms with Crippen LogP contribution in [0.25, 0.3) is 0 Å². The van der Waals surface area contributed by atoms with E-state index in [0.717, 1.165) is 18.7 Å². The summed E-state index contributed by atoms with van der Waals surface area (Å²) in [5.74, 6) is 0.743. The molecule has 2 aromatic rings. The molecule has 0 saturated carbocycles. The molecular formula is C17H21NO2. The summed E-state index contributed by atoms with van der Waals surface area (Å²) in [5, 5.41) is 9.74. The summed E-state index contributed by atoms with van der Waals surface area (Å²) in [7, 11) is 0. The van der Waals surface area contributed by atoms with Crippen LogP contribution in [0.15, 0.2) is 48.5 Å². The molecule has 3 heteroatoms. The van der Waals surface area contributed by atoms with Crippen LogP contribution in [0.2, 0.25) is 0 Å². The van der Waals surface area contributed by atoms with Gasteiger partial charge in [-0.3, -0.25) is 0 Å². The monoisotopic (exact) mass is 271 g/mol. The van der Waals surface area contributed by atoms with Gasteiger partial charge in [-0.05, 0) is 43.7 Å². The number of para-hydroxylation sites is 1. The van der Waals surface area contributed by atoms with Crippen LogP contribution < -0.4 is 9.64 Å². The van der Waals surface area contributed by atoms with Crippen LogP contribution >= 0.6 is 0 Å². The Labute approximate surface area is 120 Å². The molecule has 2 aromatic carbocycles. The highest BCUT2D eigenvalue weighted by molar-refractivity contribution is 5.48. The molecule has 106 valence electrons. The van der Waals surface area contributed by atoms with Gasteiger partial charge in [0.1, 0.15) is 0 Å². The van der Waals surface area contributed by atoms with Gasteiger partial charge in [-0.1, -0.05) is 24.3 Å². The number of nitrogens with zero attached hydrogens (tertiary/aromatic N) is 1. The smallest absolute Gasteiger partial charge is 0.161 e. The molecular weight excluding hydrogens is 250 g/mol. The summed E-state index contributed by atoms with van der Waals surface area (Å²) in [6.07, 6.45) is 0. The highest BCUT2D eigenvalue weighted by atomic mass is 16.5. The number of anilines is 1. The average Bonchev–Trinajstić information content (AvgIpc) is 2.49. The van der Waals surface area contributed by atoms with E-state index in [-0.39, 0.29) is 5.75 Å². The number of hydrogen-bond acceptors (Lipinski definition) is 3. The normalized spacial score (nSPS) is 10.3. The summed E-state index contributed by atoms with van der Waals surface area (Å²) >= 11 is 0. The third-order valence-electron chi connectivity index (χ3n) is 3.20. The van der Waals surface area contributed by atoms with Crippen molar-refractivity contribution in [2.24, 2.45) is 0 Å². The Kier molecular flexibility index (Phi) is 4.88. The molecule has 2 rings (SSSR count). The van der Waals surface area contributed by atoms with Gasteiger partial charge in [0.2, 0.25) is 0 Å². The number of ether oxygens (including phenoxy) is 1. The van der Waals surface area contributed by atoms with E-state index >= 15 is 0 Å². The molecule has 0 aromatic heterocycles. The number of rotatable bonds is 6. The maximum absolute atomic E-state index is 9.74. The standard InChI is InChI=1S/C17H21NO2/c1-3-18(15-8-6-5-7-9-15)13-14-10-11-16(19)17(12-14)20-4-2/h5-12,19H,3-4,13H2,1-2H3. The predicted octanol–water partition coefficient (Wildman–Crippen LogP) is 3.82. The molecule has 0 amide bonds. The molecule has 0 heterocycles. The van der Waals surface area contributed by atoms with Crippen molar-refractivity contribution < 1.29 is 9.84 Å². The van der Waals surface area contributed by atoms with Crippen LogP contribution in [-0.4, -0.2) is 18.3 Å². The van der Waals surface area contributed by atoms with Gasteiger partial charge in [0.05, 0.1) is 6.61 Å². The number of phenolic OH excluding ortho intramolecular Hbond substituents is 1. The first-order valence-electron chi connectivity index (χ1n) is 6.99. The molecule has 0 atom stereocenters. The number of hydrogen-bond donors (Lipinski definition) is 1.